The average Bonchev–Trinajstić information content (AvgIpc) is 3.19. The number of nitrogens with zero attached hydrogens (tertiary/aromatic N) is 3. The van der Waals surface area contributed by atoms with Crippen molar-refractivity contribution < 1.29 is 33.0 Å². The van der Waals surface area contributed by atoms with Gasteiger partial charge in [0.05, 0.1) is 21.8 Å². The van der Waals surface area contributed by atoms with E-state index >= 15 is 0 Å². The number of aliphatic carboxylic acids is 1. The van der Waals surface area contributed by atoms with Crippen molar-refractivity contribution in [3.8, 4) is 17.2 Å². The molecule has 0 spiro atoms. The van der Waals surface area contributed by atoms with Gasteiger partial charge in [0.25, 0.3) is 0 Å². The van der Waals surface area contributed by atoms with Gasteiger partial charge in [0, 0.05) is 24.6 Å². The summed E-state index contributed by atoms with van der Waals surface area (Å²) in [5.74, 6) is -1.04. The highest BCUT2D eigenvalue weighted by Crippen LogP contribution is 2.46. The lowest BCUT2D eigenvalue weighted by atomic mass is 10.0. The van der Waals surface area contributed by atoms with Gasteiger partial charge in [-0.1, -0.05) is 12.1 Å². The van der Waals surface area contributed by atoms with Gasteiger partial charge in [0.2, 0.25) is 0 Å². The third-order valence-corrected chi connectivity index (χ3v) is 6.71. The van der Waals surface area contributed by atoms with E-state index in [1.807, 2.05) is 6.07 Å². The third-order valence-electron chi connectivity index (χ3n) is 4.33. The minimum atomic E-state index is -4.57. The number of carboxylic acids is 1. The Morgan fingerprint density at radius 3 is 2.09 bits per heavy atom. The third kappa shape index (κ3) is 6.39. The van der Waals surface area contributed by atoms with Gasteiger partial charge in [-0.05, 0) is 43.7 Å². The second-order valence-electron chi connectivity index (χ2n) is 7.59. The molecule has 3 aromatic rings. The first-order valence-electron chi connectivity index (χ1n) is 9.51. The molecule has 1 amide bonds. The van der Waals surface area contributed by atoms with Crippen LogP contribution in [-0.2, 0) is 11.0 Å². The molecule has 0 aliphatic heterocycles. The van der Waals surface area contributed by atoms with Crippen LogP contribution in [0.5, 0.6) is 0 Å². The number of amides is 1. The van der Waals surface area contributed by atoms with Crippen molar-refractivity contribution >= 4 is 45.4 Å². The van der Waals surface area contributed by atoms with Crippen LogP contribution in [0.4, 0.5) is 18.0 Å². The monoisotopic (exact) mass is 511 g/mol. The second-order valence-corrected chi connectivity index (χ2v) is 10.3. The summed E-state index contributed by atoms with van der Waals surface area (Å²) in [6.07, 6.45) is -5.48. The molecule has 1 heterocycles. The normalized spacial score (nSPS) is 11.4. The number of rotatable bonds is 4. The highest BCUT2D eigenvalue weighted by atomic mass is 32.2. The van der Waals surface area contributed by atoms with E-state index in [0.29, 0.717) is 37.6 Å². The topological polar surface area (TPSA) is 115 Å². The number of hydrogen-bond acceptors (Lipinski definition) is 6. The van der Waals surface area contributed by atoms with Crippen LogP contribution in [0.2, 0.25) is 0 Å². The van der Waals surface area contributed by atoms with Crippen molar-refractivity contribution in [2.24, 2.45) is 0 Å². The van der Waals surface area contributed by atoms with E-state index in [2.05, 4.69) is 4.98 Å². The molecule has 2 N–H and O–H groups in total. The molecule has 180 valence electrons. The molecule has 0 aliphatic carbocycles. The summed E-state index contributed by atoms with van der Waals surface area (Å²) < 4.78 is 38.6. The van der Waals surface area contributed by atoms with Crippen LogP contribution in [0.15, 0.2) is 41.3 Å². The first kappa shape index (κ1) is 26.9. The molecule has 34 heavy (non-hydrogen) atoms. The Kier molecular flexibility index (Phi) is 8.18. The summed E-state index contributed by atoms with van der Waals surface area (Å²) in [4.78, 5) is 26.5. The molecular weight excluding hydrogens is 491 g/mol. The Labute approximate surface area is 201 Å². The Morgan fingerprint density at radius 2 is 1.65 bits per heavy atom. The molecule has 12 heteroatoms. The molecule has 0 aliphatic rings. The zero-order chi connectivity index (χ0) is 25.8. The number of thioether (sulfide) groups is 1. The largest absolute Gasteiger partial charge is 0.480 e. The Bertz CT molecular complexity index is 1250. The summed E-state index contributed by atoms with van der Waals surface area (Å²) in [6, 6.07) is 11.5. The minimum Gasteiger partial charge on any atom is -0.480 e. The zero-order valence-corrected chi connectivity index (χ0v) is 20.1. The number of thiazole rings is 1. The van der Waals surface area contributed by atoms with Gasteiger partial charge >= 0.3 is 18.2 Å². The maximum atomic E-state index is 13.2. The van der Waals surface area contributed by atoms with Crippen LogP contribution in [0.1, 0.15) is 24.4 Å². The van der Waals surface area contributed by atoms with Crippen LogP contribution >= 0.6 is 23.1 Å². The van der Waals surface area contributed by atoms with E-state index in [1.165, 1.54) is 34.0 Å². The highest BCUT2D eigenvalue weighted by molar-refractivity contribution is 8.01. The fourth-order valence-electron chi connectivity index (χ4n) is 2.48. The molecule has 0 atom stereocenters. The Hall–Kier alpha value is -3.30. The fraction of sp³-hybridized carbons (Fsp3) is 0.273. The number of hydrogen-bond donors (Lipinski definition) is 2. The average molecular weight is 512 g/mol. The zero-order valence-electron chi connectivity index (χ0n) is 18.5. The molecule has 3 rings (SSSR count). The van der Waals surface area contributed by atoms with E-state index in [-0.39, 0.29) is 5.52 Å². The summed E-state index contributed by atoms with van der Waals surface area (Å²) in [5.41, 5.74) is 1.67. The van der Waals surface area contributed by atoms with E-state index in [9.17, 15) is 27.9 Å². The van der Waals surface area contributed by atoms with Crippen molar-refractivity contribution in [1.82, 2.24) is 9.88 Å². The van der Waals surface area contributed by atoms with Gasteiger partial charge in [-0.25, -0.2) is 9.78 Å². The van der Waals surface area contributed by atoms with E-state index in [0.717, 1.165) is 16.7 Å². The lowest BCUT2D eigenvalue weighted by Gasteiger charge is -2.21. The molecule has 0 radical (unpaired) electrons. The van der Waals surface area contributed by atoms with E-state index < -0.39 is 28.0 Å². The van der Waals surface area contributed by atoms with Crippen LogP contribution in [0.3, 0.4) is 0 Å². The maximum Gasteiger partial charge on any atom is 0.443 e. The second kappa shape index (κ2) is 10.3. The summed E-state index contributed by atoms with van der Waals surface area (Å²) >= 11 is 1.57. The molecular formula is C22H20F3N3O4S2. The van der Waals surface area contributed by atoms with Crippen molar-refractivity contribution in [1.29, 1.82) is 5.26 Å². The van der Waals surface area contributed by atoms with Gasteiger partial charge in [-0.15, -0.1) is 23.1 Å². The summed E-state index contributed by atoms with van der Waals surface area (Å²) in [7, 11) is 2.95. The van der Waals surface area contributed by atoms with Crippen molar-refractivity contribution in [2.75, 3.05) is 14.1 Å². The molecule has 0 saturated heterocycles. The molecule has 7 nitrogen and oxygen atoms in total. The molecule has 0 unspecified atom stereocenters. The lowest BCUT2D eigenvalue weighted by molar-refractivity contribution is -0.139. The highest BCUT2D eigenvalue weighted by Gasteiger charge is 2.36. The fourth-order valence-corrected chi connectivity index (χ4v) is 4.64. The first-order chi connectivity index (χ1) is 15.7. The van der Waals surface area contributed by atoms with Crippen molar-refractivity contribution in [3.05, 3.63) is 47.0 Å². The predicted molar refractivity (Wildman–Crippen MR) is 124 cm³/mol. The number of nitriles is 1. The standard InChI is InChI=1S/C19H13F3N2O2S2.C3H7NO2/c1-18(2,17(25)26)28-13-8-7-12-15(27-16(24-12)19(20,21)22)14(13)11-5-3-10(9-23)4-6-11;1-4(2)3(5)6/h3-8H,1-2H3,(H,25,26);1-2H3,(H,5,6). The Balaban J connectivity index is 0.000000604. The minimum absolute atomic E-state index is 0.189. The molecule has 1 aromatic heterocycles. The summed E-state index contributed by atoms with van der Waals surface area (Å²) in [5, 5.41) is 25.4. The number of aromatic nitrogens is 1. The first-order valence-corrected chi connectivity index (χ1v) is 11.1. The Morgan fingerprint density at radius 1 is 1.09 bits per heavy atom. The van der Waals surface area contributed by atoms with Crippen molar-refractivity contribution in [2.45, 2.75) is 29.7 Å². The quantitative estimate of drug-likeness (QED) is 0.411. The molecule has 0 fully saturated rings. The van der Waals surface area contributed by atoms with E-state index in [1.54, 1.807) is 30.3 Å². The van der Waals surface area contributed by atoms with E-state index in [4.69, 9.17) is 10.4 Å². The number of fused-ring (bicyclic) bond motifs is 1. The molecule has 2 aromatic carbocycles. The summed E-state index contributed by atoms with van der Waals surface area (Å²) in [6.45, 7) is 3.06. The number of halogens is 3. The van der Waals surface area contributed by atoms with Gasteiger partial charge in [-0.3, -0.25) is 4.79 Å². The van der Waals surface area contributed by atoms with Gasteiger partial charge < -0.3 is 15.1 Å². The maximum absolute atomic E-state index is 13.2. The van der Waals surface area contributed by atoms with Gasteiger partial charge in [0.15, 0.2) is 5.01 Å². The van der Waals surface area contributed by atoms with Crippen molar-refractivity contribution in [3.63, 3.8) is 0 Å². The van der Waals surface area contributed by atoms with Crippen LogP contribution in [0, 0.1) is 11.3 Å². The molecule has 0 saturated carbocycles. The lowest BCUT2D eigenvalue weighted by Crippen LogP contribution is -2.26. The van der Waals surface area contributed by atoms with Crippen LogP contribution in [0.25, 0.3) is 21.3 Å². The van der Waals surface area contributed by atoms with Crippen LogP contribution in [-0.4, -0.2) is 51.0 Å². The van der Waals surface area contributed by atoms with Gasteiger partial charge in [0.1, 0.15) is 4.75 Å². The number of carboxylic acid groups (broad SMARTS) is 2. The number of benzene rings is 2. The van der Waals surface area contributed by atoms with Crippen LogP contribution < -0.4 is 0 Å². The smallest absolute Gasteiger partial charge is 0.443 e. The number of alkyl halides is 3. The predicted octanol–water partition coefficient (Wildman–Crippen LogP) is 6.04. The molecule has 0 bridgehead atoms. The van der Waals surface area contributed by atoms with Gasteiger partial charge in [-0.2, -0.15) is 18.4 Å². The number of carbonyl (C=O) groups is 2. The SMILES string of the molecule is CC(C)(Sc1ccc2nc(C(F)(F)F)sc2c1-c1ccc(C#N)cc1)C(=O)O.CN(C)C(=O)O.